The minimum absolute atomic E-state index is 0.128. The van der Waals surface area contributed by atoms with Crippen LogP contribution in [-0.4, -0.2) is 23.2 Å². The number of anilines is 3. The van der Waals surface area contributed by atoms with Gasteiger partial charge in [-0.3, -0.25) is 4.79 Å². The summed E-state index contributed by atoms with van der Waals surface area (Å²) in [4.78, 5) is 14.1. The number of amides is 1. The van der Waals surface area contributed by atoms with Crippen LogP contribution in [0.1, 0.15) is 5.56 Å². The Morgan fingerprint density at radius 3 is 2.52 bits per heavy atom. The molecule has 1 heterocycles. The summed E-state index contributed by atoms with van der Waals surface area (Å²) in [5, 5.41) is 11.0. The van der Waals surface area contributed by atoms with E-state index in [-0.39, 0.29) is 12.3 Å². The zero-order valence-electron chi connectivity index (χ0n) is 13.7. The molecule has 2 aromatic carbocycles. The highest BCUT2D eigenvalue weighted by atomic mass is 79.9. The quantitative estimate of drug-likeness (QED) is 0.702. The van der Waals surface area contributed by atoms with Crippen LogP contribution in [0.25, 0.3) is 0 Å². The van der Waals surface area contributed by atoms with Crippen molar-refractivity contribution in [1.82, 2.24) is 10.2 Å². The fraction of sp³-hybridized carbons (Fsp3) is 0.105. The minimum atomic E-state index is -0.128. The van der Waals surface area contributed by atoms with Crippen molar-refractivity contribution in [3.05, 3.63) is 76.8 Å². The van der Waals surface area contributed by atoms with E-state index >= 15 is 0 Å². The van der Waals surface area contributed by atoms with Gasteiger partial charge < -0.3 is 10.2 Å². The maximum Gasteiger partial charge on any atom is 0.229 e. The number of carbonyl (C=O) groups is 1. The first kappa shape index (κ1) is 17.1. The molecule has 0 unspecified atom stereocenters. The number of carbonyl (C=O) groups excluding carboxylic acids is 1. The number of rotatable bonds is 5. The van der Waals surface area contributed by atoms with Gasteiger partial charge in [-0.2, -0.15) is 0 Å². The van der Waals surface area contributed by atoms with Gasteiger partial charge in [0.05, 0.1) is 6.42 Å². The van der Waals surface area contributed by atoms with Crippen molar-refractivity contribution in [3.8, 4) is 0 Å². The molecule has 6 heteroatoms. The largest absolute Gasteiger partial charge is 0.328 e. The van der Waals surface area contributed by atoms with E-state index in [9.17, 15) is 4.79 Å². The standard InChI is InChI=1S/C19H17BrN4O/c1-24(16-8-3-2-4-9-16)18-11-10-17(22-23-18)21-19(25)13-14-6-5-7-15(20)12-14/h2-12H,13H2,1H3,(H,21,22,25). The van der Waals surface area contributed by atoms with Gasteiger partial charge >= 0.3 is 0 Å². The van der Waals surface area contributed by atoms with Crippen molar-refractivity contribution in [1.29, 1.82) is 0 Å². The zero-order valence-corrected chi connectivity index (χ0v) is 15.3. The zero-order chi connectivity index (χ0) is 17.6. The predicted molar refractivity (Wildman–Crippen MR) is 103 cm³/mol. The molecular formula is C19H17BrN4O. The first-order valence-electron chi connectivity index (χ1n) is 7.78. The minimum Gasteiger partial charge on any atom is -0.328 e. The molecule has 0 saturated carbocycles. The van der Waals surface area contributed by atoms with Gasteiger partial charge in [0.2, 0.25) is 5.91 Å². The summed E-state index contributed by atoms with van der Waals surface area (Å²) in [6.45, 7) is 0. The Hall–Kier alpha value is -2.73. The Kier molecular flexibility index (Phi) is 5.40. The van der Waals surface area contributed by atoms with Crippen molar-refractivity contribution < 1.29 is 4.79 Å². The molecule has 3 rings (SSSR count). The van der Waals surface area contributed by atoms with Crippen LogP contribution < -0.4 is 10.2 Å². The van der Waals surface area contributed by atoms with Crippen LogP contribution >= 0.6 is 15.9 Å². The normalized spacial score (nSPS) is 10.3. The Morgan fingerprint density at radius 1 is 1.04 bits per heavy atom. The molecule has 0 bridgehead atoms. The fourth-order valence-electron chi connectivity index (χ4n) is 2.37. The van der Waals surface area contributed by atoms with E-state index in [4.69, 9.17) is 0 Å². The van der Waals surface area contributed by atoms with Crippen LogP contribution in [0.4, 0.5) is 17.3 Å². The third kappa shape index (κ3) is 4.64. The number of halogens is 1. The summed E-state index contributed by atoms with van der Waals surface area (Å²) < 4.78 is 0.950. The molecule has 25 heavy (non-hydrogen) atoms. The first-order chi connectivity index (χ1) is 12.1. The molecule has 126 valence electrons. The van der Waals surface area contributed by atoms with E-state index in [1.807, 2.05) is 72.6 Å². The van der Waals surface area contributed by atoms with Gasteiger partial charge in [0.1, 0.15) is 0 Å². The Labute approximate surface area is 154 Å². The van der Waals surface area contributed by atoms with Crippen LogP contribution in [0.2, 0.25) is 0 Å². The number of aromatic nitrogens is 2. The second kappa shape index (κ2) is 7.90. The molecular weight excluding hydrogens is 380 g/mol. The van der Waals surface area contributed by atoms with Crippen LogP contribution in [0.3, 0.4) is 0 Å². The Bertz CT molecular complexity index is 853. The van der Waals surface area contributed by atoms with Crippen LogP contribution in [0.5, 0.6) is 0 Å². The van der Waals surface area contributed by atoms with Crippen LogP contribution in [-0.2, 0) is 11.2 Å². The first-order valence-corrected chi connectivity index (χ1v) is 8.58. The lowest BCUT2D eigenvalue weighted by molar-refractivity contribution is -0.115. The number of hydrogen-bond acceptors (Lipinski definition) is 4. The molecule has 0 atom stereocenters. The van der Waals surface area contributed by atoms with Crippen molar-refractivity contribution in [2.45, 2.75) is 6.42 Å². The predicted octanol–water partition coefficient (Wildman–Crippen LogP) is 4.19. The molecule has 0 spiro atoms. The summed E-state index contributed by atoms with van der Waals surface area (Å²) in [5.74, 6) is 1.01. The van der Waals surface area contributed by atoms with E-state index < -0.39 is 0 Å². The third-order valence-electron chi connectivity index (χ3n) is 3.66. The van der Waals surface area contributed by atoms with Gasteiger partial charge in [0.15, 0.2) is 11.6 Å². The molecule has 1 aromatic heterocycles. The van der Waals surface area contributed by atoms with Crippen molar-refractivity contribution >= 4 is 39.2 Å². The molecule has 1 amide bonds. The van der Waals surface area contributed by atoms with E-state index in [0.29, 0.717) is 11.6 Å². The summed E-state index contributed by atoms with van der Waals surface area (Å²) >= 11 is 3.40. The summed E-state index contributed by atoms with van der Waals surface area (Å²) in [6.07, 6.45) is 0.285. The summed E-state index contributed by atoms with van der Waals surface area (Å²) in [5.41, 5.74) is 1.95. The molecule has 0 fully saturated rings. The fourth-order valence-corrected chi connectivity index (χ4v) is 2.82. The summed E-state index contributed by atoms with van der Waals surface area (Å²) in [6, 6.07) is 21.1. The lowest BCUT2D eigenvalue weighted by Gasteiger charge is -2.17. The molecule has 0 radical (unpaired) electrons. The molecule has 0 aliphatic heterocycles. The molecule has 5 nitrogen and oxygen atoms in total. The Morgan fingerprint density at radius 2 is 1.84 bits per heavy atom. The monoisotopic (exact) mass is 396 g/mol. The number of nitrogens with zero attached hydrogens (tertiary/aromatic N) is 3. The average molecular weight is 397 g/mol. The molecule has 0 aliphatic rings. The lowest BCUT2D eigenvalue weighted by atomic mass is 10.1. The lowest BCUT2D eigenvalue weighted by Crippen LogP contribution is -2.17. The molecule has 3 aromatic rings. The molecule has 0 saturated heterocycles. The van der Waals surface area contributed by atoms with E-state index in [1.54, 1.807) is 6.07 Å². The van der Waals surface area contributed by atoms with Crippen molar-refractivity contribution in [3.63, 3.8) is 0 Å². The van der Waals surface area contributed by atoms with Gasteiger partial charge in [-0.25, -0.2) is 0 Å². The molecule has 1 N–H and O–H groups in total. The van der Waals surface area contributed by atoms with E-state index in [0.717, 1.165) is 15.7 Å². The van der Waals surface area contributed by atoms with Gasteiger partial charge in [0.25, 0.3) is 0 Å². The molecule has 0 aliphatic carbocycles. The van der Waals surface area contributed by atoms with Crippen molar-refractivity contribution in [2.75, 3.05) is 17.3 Å². The highest BCUT2D eigenvalue weighted by molar-refractivity contribution is 9.10. The van der Waals surface area contributed by atoms with Gasteiger partial charge in [-0.05, 0) is 42.0 Å². The van der Waals surface area contributed by atoms with Crippen LogP contribution in [0, 0.1) is 0 Å². The van der Waals surface area contributed by atoms with E-state index in [2.05, 4.69) is 31.4 Å². The second-order valence-electron chi connectivity index (χ2n) is 5.53. The third-order valence-corrected chi connectivity index (χ3v) is 4.15. The topological polar surface area (TPSA) is 58.1 Å². The van der Waals surface area contributed by atoms with Gasteiger partial charge in [0, 0.05) is 17.2 Å². The maximum atomic E-state index is 12.1. The van der Waals surface area contributed by atoms with E-state index in [1.165, 1.54) is 0 Å². The maximum absolute atomic E-state index is 12.1. The number of benzene rings is 2. The number of para-hydroxylation sites is 1. The Balaban J connectivity index is 1.63. The van der Waals surface area contributed by atoms with Crippen molar-refractivity contribution in [2.24, 2.45) is 0 Å². The van der Waals surface area contributed by atoms with Gasteiger partial charge in [-0.1, -0.05) is 46.3 Å². The van der Waals surface area contributed by atoms with Gasteiger partial charge in [-0.15, -0.1) is 10.2 Å². The van der Waals surface area contributed by atoms with Crippen LogP contribution in [0.15, 0.2) is 71.2 Å². The second-order valence-corrected chi connectivity index (χ2v) is 6.44. The smallest absolute Gasteiger partial charge is 0.229 e. The SMILES string of the molecule is CN(c1ccccc1)c1ccc(NC(=O)Cc2cccc(Br)c2)nn1. The highest BCUT2D eigenvalue weighted by Crippen LogP contribution is 2.21. The number of nitrogens with one attached hydrogen (secondary N) is 1. The highest BCUT2D eigenvalue weighted by Gasteiger charge is 2.08. The summed E-state index contributed by atoms with van der Waals surface area (Å²) in [7, 11) is 1.92. The number of hydrogen-bond donors (Lipinski definition) is 1. The average Bonchev–Trinajstić information content (AvgIpc) is 2.62.